The second-order valence-corrected chi connectivity index (χ2v) is 6.72. The van der Waals surface area contributed by atoms with E-state index in [9.17, 15) is 18.3 Å². The number of carboxylic acids is 1. The molecule has 3 N–H and O–H groups in total. The second-order valence-electron chi connectivity index (χ2n) is 5.19. The minimum absolute atomic E-state index is 0.0270. The minimum Gasteiger partial charge on any atom is -0.480 e. The van der Waals surface area contributed by atoms with Crippen LogP contribution >= 0.6 is 0 Å². The SMILES string of the molecule is CC1CCN(c2ccccc2S(N)(=O)=O)C(C(=O)O)C1. The van der Waals surface area contributed by atoms with Gasteiger partial charge in [-0.25, -0.2) is 18.4 Å². The molecule has 20 heavy (non-hydrogen) atoms. The van der Waals surface area contributed by atoms with Gasteiger partial charge in [-0.05, 0) is 30.9 Å². The average molecular weight is 298 g/mol. The van der Waals surface area contributed by atoms with Crippen molar-refractivity contribution in [3.63, 3.8) is 0 Å². The van der Waals surface area contributed by atoms with Gasteiger partial charge in [0.05, 0.1) is 5.69 Å². The molecule has 1 aliphatic rings. The number of carbonyl (C=O) groups is 1. The van der Waals surface area contributed by atoms with E-state index in [0.717, 1.165) is 6.42 Å². The van der Waals surface area contributed by atoms with E-state index in [1.54, 1.807) is 23.1 Å². The highest BCUT2D eigenvalue weighted by Crippen LogP contribution is 2.32. The Morgan fingerprint density at radius 2 is 2.05 bits per heavy atom. The van der Waals surface area contributed by atoms with Crippen molar-refractivity contribution >= 4 is 21.7 Å². The Balaban J connectivity index is 2.47. The van der Waals surface area contributed by atoms with E-state index in [4.69, 9.17) is 5.14 Å². The number of anilines is 1. The summed E-state index contributed by atoms with van der Waals surface area (Å²) in [5.74, 6) is -0.644. The van der Waals surface area contributed by atoms with Crippen molar-refractivity contribution in [1.82, 2.24) is 0 Å². The van der Waals surface area contributed by atoms with E-state index < -0.39 is 22.0 Å². The van der Waals surface area contributed by atoms with Crippen molar-refractivity contribution in [3.8, 4) is 0 Å². The summed E-state index contributed by atoms with van der Waals surface area (Å²) in [5, 5.41) is 14.6. The average Bonchev–Trinajstić information content (AvgIpc) is 2.37. The molecule has 0 saturated carbocycles. The fraction of sp³-hybridized carbons (Fsp3) is 0.462. The predicted molar refractivity (Wildman–Crippen MR) is 75.0 cm³/mol. The molecule has 2 atom stereocenters. The van der Waals surface area contributed by atoms with Crippen LogP contribution in [0.1, 0.15) is 19.8 Å². The molecule has 0 aromatic heterocycles. The molecule has 0 radical (unpaired) electrons. The zero-order chi connectivity index (χ0) is 14.9. The molecular weight excluding hydrogens is 280 g/mol. The Morgan fingerprint density at radius 1 is 1.40 bits per heavy atom. The molecule has 0 aliphatic carbocycles. The largest absolute Gasteiger partial charge is 0.480 e. The predicted octanol–water partition coefficient (Wildman–Crippen LogP) is 1.02. The third-order valence-corrected chi connectivity index (χ3v) is 4.59. The molecular formula is C13H18N2O4S. The Morgan fingerprint density at radius 3 is 2.65 bits per heavy atom. The molecule has 1 aromatic carbocycles. The first-order valence-electron chi connectivity index (χ1n) is 6.42. The number of nitrogens with two attached hydrogens (primary N) is 1. The van der Waals surface area contributed by atoms with Gasteiger partial charge in [-0.1, -0.05) is 19.1 Å². The number of aliphatic carboxylic acids is 1. The van der Waals surface area contributed by atoms with Gasteiger partial charge in [0, 0.05) is 6.54 Å². The number of sulfonamides is 1. The van der Waals surface area contributed by atoms with E-state index >= 15 is 0 Å². The van der Waals surface area contributed by atoms with Crippen molar-refractivity contribution in [1.29, 1.82) is 0 Å². The summed E-state index contributed by atoms with van der Waals surface area (Å²) in [6.45, 7) is 2.50. The summed E-state index contributed by atoms with van der Waals surface area (Å²) >= 11 is 0. The van der Waals surface area contributed by atoms with Gasteiger partial charge in [0.2, 0.25) is 10.0 Å². The molecule has 1 aromatic rings. The fourth-order valence-electron chi connectivity index (χ4n) is 2.60. The van der Waals surface area contributed by atoms with Crippen LogP contribution in [0.5, 0.6) is 0 Å². The van der Waals surface area contributed by atoms with Crippen LogP contribution in [0.3, 0.4) is 0 Å². The first-order chi connectivity index (χ1) is 9.30. The van der Waals surface area contributed by atoms with Gasteiger partial charge in [-0.2, -0.15) is 0 Å². The van der Waals surface area contributed by atoms with Crippen LogP contribution in [0.15, 0.2) is 29.2 Å². The molecule has 0 spiro atoms. The van der Waals surface area contributed by atoms with Crippen LogP contribution in [0.2, 0.25) is 0 Å². The summed E-state index contributed by atoms with van der Waals surface area (Å²) in [6.07, 6.45) is 1.32. The standard InChI is InChI=1S/C13H18N2O4S/c1-9-6-7-15(11(8-9)13(16)17)10-4-2-3-5-12(10)20(14,18)19/h2-5,9,11H,6-8H2,1H3,(H,16,17)(H2,14,18,19). The van der Waals surface area contributed by atoms with Gasteiger partial charge in [-0.15, -0.1) is 0 Å². The molecule has 110 valence electrons. The van der Waals surface area contributed by atoms with Crippen LogP contribution in [-0.2, 0) is 14.8 Å². The van der Waals surface area contributed by atoms with E-state index in [0.29, 0.717) is 24.6 Å². The number of para-hydroxylation sites is 1. The van der Waals surface area contributed by atoms with Crippen molar-refractivity contribution < 1.29 is 18.3 Å². The van der Waals surface area contributed by atoms with Crippen molar-refractivity contribution in [2.24, 2.45) is 11.1 Å². The number of carboxylic acid groups (broad SMARTS) is 1. The van der Waals surface area contributed by atoms with E-state index in [2.05, 4.69) is 0 Å². The lowest BCUT2D eigenvalue weighted by molar-refractivity contribution is -0.139. The summed E-state index contributed by atoms with van der Waals surface area (Å²) in [7, 11) is -3.88. The van der Waals surface area contributed by atoms with E-state index in [1.165, 1.54) is 6.07 Å². The number of rotatable bonds is 3. The molecule has 1 heterocycles. The van der Waals surface area contributed by atoms with Gasteiger partial charge in [0.15, 0.2) is 0 Å². The normalized spacial score (nSPS) is 23.6. The Hall–Kier alpha value is -1.60. The lowest BCUT2D eigenvalue weighted by Gasteiger charge is -2.38. The monoisotopic (exact) mass is 298 g/mol. The third-order valence-electron chi connectivity index (χ3n) is 3.63. The second kappa shape index (κ2) is 5.41. The zero-order valence-corrected chi connectivity index (χ0v) is 12.0. The Bertz CT molecular complexity index is 615. The molecule has 1 saturated heterocycles. The maximum atomic E-state index is 11.6. The Labute approximate surface area is 118 Å². The zero-order valence-electron chi connectivity index (χ0n) is 11.2. The topological polar surface area (TPSA) is 101 Å². The Kier molecular flexibility index (Phi) is 4.01. The van der Waals surface area contributed by atoms with Crippen LogP contribution in [0.4, 0.5) is 5.69 Å². The molecule has 2 rings (SSSR count). The molecule has 1 fully saturated rings. The van der Waals surface area contributed by atoms with Gasteiger partial charge in [-0.3, -0.25) is 0 Å². The van der Waals surface area contributed by atoms with Gasteiger partial charge in [0.25, 0.3) is 0 Å². The van der Waals surface area contributed by atoms with Crippen LogP contribution in [0, 0.1) is 5.92 Å². The number of nitrogens with zero attached hydrogens (tertiary/aromatic N) is 1. The molecule has 1 aliphatic heterocycles. The molecule has 7 heteroatoms. The summed E-state index contributed by atoms with van der Waals surface area (Å²) in [5.41, 5.74) is 0.370. The lowest BCUT2D eigenvalue weighted by Crippen LogP contribution is -2.47. The number of primary sulfonamides is 1. The molecule has 2 unspecified atom stereocenters. The number of hydrogen-bond acceptors (Lipinski definition) is 4. The highest BCUT2D eigenvalue weighted by atomic mass is 32.2. The lowest BCUT2D eigenvalue weighted by atomic mass is 9.92. The first kappa shape index (κ1) is 14.8. The molecule has 6 nitrogen and oxygen atoms in total. The maximum absolute atomic E-state index is 11.6. The molecule has 0 amide bonds. The number of benzene rings is 1. The van der Waals surface area contributed by atoms with Gasteiger partial charge < -0.3 is 10.0 Å². The smallest absolute Gasteiger partial charge is 0.326 e. The van der Waals surface area contributed by atoms with Crippen molar-refractivity contribution in [3.05, 3.63) is 24.3 Å². The third kappa shape index (κ3) is 2.94. The van der Waals surface area contributed by atoms with Gasteiger partial charge >= 0.3 is 5.97 Å². The quantitative estimate of drug-likeness (QED) is 0.867. The van der Waals surface area contributed by atoms with Crippen molar-refractivity contribution in [2.75, 3.05) is 11.4 Å². The fourth-order valence-corrected chi connectivity index (χ4v) is 3.34. The minimum atomic E-state index is -3.88. The van der Waals surface area contributed by atoms with Gasteiger partial charge in [0.1, 0.15) is 10.9 Å². The highest BCUT2D eigenvalue weighted by Gasteiger charge is 2.33. The first-order valence-corrected chi connectivity index (χ1v) is 7.96. The van der Waals surface area contributed by atoms with E-state index in [1.807, 2.05) is 6.92 Å². The number of hydrogen-bond donors (Lipinski definition) is 2. The summed E-state index contributed by atoms with van der Waals surface area (Å²) < 4.78 is 23.3. The van der Waals surface area contributed by atoms with Crippen LogP contribution in [0.25, 0.3) is 0 Å². The maximum Gasteiger partial charge on any atom is 0.326 e. The van der Waals surface area contributed by atoms with Crippen LogP contribution in [-0.4, -0.2) is 32.1 Å². The highest BCUT2D eigenvalue weighted by molar-refractivity contribution is 7.89. The summed E-state index contributed by atoms with van der Waals surface area (Å²) in [4.78, 5) is 13.0. The summed E-state index contributed by atoms with van der Waals surface area (Å²) in [6, 6.07) is 5.54. The van der Waals surface area contributed by atoms with Crippen LogP contribution < -0.4 is 10.0 Å². The van der Waals surface area contributed by atoms with Crippen molar-refractivity contribution in [2.45, 2.75) is 30.7 Å². The van der Waals surface area contributed by atoms with E-state index in [-0.39, 0.29) is 4.90 Å². The number of piperidine rings is 1. The molecule has 0 bridgehead atoms.